The number of benzene rings is 5. The summed E-state index contributed by atoms with van der Waals surface area (Å²) in [6.07, 6.45) is 0. The fourth-order valence-electron chi connectivity index (χ4n) is 8.21. The first-order chi connectivity index (χ1) is 24.0. The van der Waals surface area contributed by atoms with Gasteiger partial charge in [0.25, 0.3) is 5.70 Å². The zero-order chi connectivity index (χ0) is 35.3. The Morgan fingerprint density at radius 1 is 0.760 bits per heavy atom. The standard InChI is InChI=1S/C40H33N9O/c1-46-26(17-41)32-36(34-28-19(9-6-12-22(28)42)38(47(2)3)20-10-7-13-23(43)29(20)34)40(50)37(32)35-30-21(11-8-14-24(30)44)39-33-27(48(4)18-49(39)5)16-15-25(45)31(33)35/h6-16H,18,42-45H2,2-5H3/b32-26+. The van der Waals surface area contributed by atoms with Gasteiger partial charge in [-0.05, 0) is 53.6 Å². The molecule has 0 unspecified atom stereocenters. The van der Waals surface area contributed by atoms with Crippen molar-refractivity contribution in [3.05, 3.63) is 129 Å². The highest BCUT2D eigenvalue weighted by molar-refractivity contribution is 6.30. The summed E-state index contributed by atoms with van der Waals surface area (Å²) in [6, 6.07) is 22.8. The van der Waals surface area contributed by atoms with Crippen molar-refractivity contribution in [1.29, 1.82) is 5.26 Å². The molecule has 10 nitrogen and oxygen atoms in total. The van der Waals surface area contributed by atoms with Crippen LogP contribution in [0.2, 0.25) is 0 Å². The molecule has 50 heavy (non-hydrogen) atoms. The van der Waals surface area contributed by atoms with Gasteiger partial charge in [-0.3, -0.25) is 0 Å². The van der Waals surface area contributed by atoms with Crippen LogP contribution in [-0.2, 0) is 0 Å². The van der Waals surface area contributed by atoms with E-state index in [2.05, 4.69) is 20.7 Å². The molecule has 244 valence electrons. The van der Waals surface area contributed by atoms with Crippen LogP contribution in [0.5, 0.6) is 0 Å². The molecule has 5 aromatic carbocycles. The van der Waals surface area contributed by atoms with Gasteiger partial charge in [0.1, 0.15) is 14.1 Å². The summed E-state index contributed by atoms with van der Waals surface area (Å²) in [6.45, 7) is 8.78. The summed E-state index contributed by atoms with van der Waals surface area (Å²) in [7, 11) is 7.90. The van der Waals surface area contributed by atoms with Gasteiger partial charge < -0.3 is 37.8 Å². The number of nitrogens with zero attached hydrogens (tertiary/aromatic N) is 5. The van der Waals surface area contributed by atoms with Crippen LogP contribution in [0, 0.1) is 17.9 Å². The molecule has 0 atom stereocenters. The Kier molecular flexibility index (Phi) is 6.42. The van der Waals surface area contributed by atoms with E-state index in [1.165, 1.54) is 0 Å². The lowest BCUT2D eigenvalue weighted by molar-refractivity contribution is -0.463. The summed E-state index contributed by atoms with van der Waals surface area (Å²) in [5.41, 5.74) is 35.9. The lowest BCUT2D eigenvalue weighted by Gasteiger charge is -2.42. The molecule has 0 saturated heterocycles. The van der Waals surface area contributed by atoms with Crippen molar-refractivity contribution < 1.29 is 9.68 Å². The first-order valence-electron chi connectivity index (χ1n) is 16.0. The fraction of sp³-hybridized carbons (Fsp3) is 0.125. The van der Waals surface area contributed by atoms with Crippen LogP contribution in [0.4, 0.5) is 34.1 Å². The molecule has 2 aliphatic carbocycles. The van der Waals surface area contributed by atoms with E-state index in [1.807, 2.05) is 81.3 Å². The molecule has 8 rings (SSSR count). The number of anilines is 6. The molecular formula is C40H33N9O. The number of fused-ring (bicyclic) bond motifs is 4. The van der Waals surface area contributed by atoms with Gasteiger partial charge in [-0.1, -0.05) is 30.0 Å². The molecule has 0 spiro atoms. The van der Waals surface area contributed by atoms with E-state index >= 15 is 5.11 Å². The molecule has 1 aliphatic heterocycles. The number of nitrogen functional groups attached to an aromatic ring is 4. The molecule has 8 N–H and O–H groups in total. The largest absolute Gasteiger partial charge is 0.872 e. The first kappa shape index (κ1) is 30.4. The maximum absolute atomic E-state index is 15.2. The van der Waals surface area contributed by atoms with E-state index in [1.54, 1.807) is 18.2 Å². The molecule has 5 aromatic rings. The lowest BCUT2D eigenvalue weighted by atomic mass is 9.68. The highest BCUT2D eigenvalue weighted by atomic mass is 16.3. The number of hydrogen-bond donors (Lipinski definition) is 4. The van der Waals surface area contributed by atoms with Gasteiger partial charge in [0.2, 0.25) is 5.71 Å². The molecule has 1 heterocycles. The number of rotatable bonds is 1. The Bertz CT molecular complexity index is 2570. The fourth-order valence-corrected chi connectivity index (χ4v) is 8.21. The van der Waals surface area contributed by atoms with E-state index in [0.29, 0.717) is 62.5 Å². The van der Waals surface area contributed by atoms with Crippen LogP contribution >= 0.6 is 0 Å². The summed E-state index contributed by atoms with van der Waals surface area (Å²) < 4.78 is 2.00. The lowest BCUT2D eigenvalue weighted by Crippen LogP contribution is -2.36. The maximum atomic E-state index is 15.2. The Balaban J connectivity index is 1.62. The van der Waals surface area contributed by atoms with E-state index in [4.69, 9.17) is 29.5 Å². The number of nitriles is 1. The second-order valence-electron chi connectivity index (χ2n) is 13.1. The molecule has 10 heteroatoms. The smallest absolute Gasteiger partial charge is 0.270 e. The number of nitrogens with two attached hydrogens (primary N) is 4. The Labute approximate surface area is 289 Å². The van der Waals surface area contributed by atoms with Gasteiger partial charge in [0.05, 0.1) is 36.1 Å². The van der Waals surface area contributed by atoms with Crippen molar-refractivity contribution in [2.45, 2.75) is 0 Å². The van der Waals surface area contributed by atoms with Gasteiger partial charge in [-0.25, -0.2) is 14.7 Å². The normalized spacial score (nSPS) is 15.8. The molecule has 0 bridgehead atoms. The molecule has 0 amide bonds. The number of allylic oxidation sites excluding steroid dienone is 3. The third-order valence-electron chi connectivity index (χ3n) is 10.1. The van der Waals surface area contributed by atoms with Gasteiger partial charge in [0.15, 0.2) is 0 Å². The molecule has 0 aromatic heterocycles. The van der Waals surface area contributed by atoms with E-state index in [9.17, 15) is 5.26 Å². The van der Waals surface area contributed by atoms with Crippen molar-refractivity contribution in [2.75, 3.05) is 67.6 Å². The minimum absolute atomic E-state index is 0.208. The van der Waals surface area contributed by atoms with Crippen LogP contribution in [0.15, 0.2) is 89.3 Å². The highest BCUT2D eigenvalue weighted by Gasteiger charge is 2.41. The highest BCUT2D eigenvalue weighted by Crippen LogP contribution is 2.58. The van der Waals surface area contributed by atoms with Crippen LogP contribution < -0.4 is 37.8 Å². The SMILES string of the molecule is [C-]#[N+]/C(C#N)=C1\C(=C2c3c(N)cccc3C(=[N+](C)C)c3cccc(N)c32)C([O-])=C1c1c2c(N)cccc2c2c3c(ccc(N)c13)N(C)CN2C. The van der Waals surface area contributed by atoms with Crippen molar-refractivity contribution in [2.24, 2.45) is 0 Å². The minimum atomic E-state index is -0.356. The molecule has 3 aliphatic rings. The average Bonchev–Trinajstić information content (AvgIpc) is 3.07. The second-order valence-corrected chi connectivity index (χ2v) is 13.1. The van der Waals surface area contributed by atoms with E-state index < -0.39 is 0 Å². The van der Waals surface area contributed by atoms with Gasteiger partial charge in [-0.15, -0.1) is 0 Å². The van der Waals surface area contributed by atoms with Crippen molar-refractivity contribution in [1.82, 2.24) is 0 Å². The Hall–Kier alpha value is -6.91. The topological polar surface area (TPSA) is 165 Å². The van der Waals surface area contributed by atoms with Crippen LogP contribution in [0.1, 0.15) is 27.8 Å². The summed E-state index contributed by atoms with van der Waals surface area (Å²) >= 11 is 0. The summed E-state index contributed by atoms with van der Waals surface area (Å²) in [5, 5.41) is 28.7. The maximum Gasteiger partial charge on any atom is 0.270 e. The predicted molar refractivity (Wildman–Crippen MR) is 201 cm³/mol. The summed E-state index contributed by atoms with van der Waals surface area (Å²) in [5.74, 6) is -0.356. The van der Waals surface area contributed by atoms with Gasteiger partial charge in [0, 0.05) is 91.9 Å². The van der Waals surface area contributed by atoms with Crippen molar-refractivity contribution in [3.8, 4) is 6.07 Å². The van der Waals surface area contributed by atoms with Gasteiger partial charge >= 0.3 is 0 Å². The number of hydrogen-bond acceptors (Lipinski definition) is 8. The molecule has 0 radical (unpaired) electrons. The molecular weight excluding hydrogens is 623 g/mol. The molecule has 0 fully saturated rings. The van der Waals surface area contributed by atoms with E-state index in [0.717, 1.165) is 39.0 Å². The Morgan fingerprint density at radius 2 is 1.36 bits per heavy atom. The van der Waals surface area contributed by atoms with Crippen molar-refractivity contribution in [3.63, 3.8) is 0 Å². The average molecular weight is 656 g/mol. The minimum Gasteiger partial charge on any atom is -0.872 e. The van der Waals surface area contributed by atoms with Gasteiger partial charge in [-0.2, -0.15) is 0 Å². The third kappa shape index (κ3) is 3.79. The third-order valence-corrected chi connectivity index (χ3v) is 10.1. The van der Waals surface area contributed by atoms with Crippen molar-refractivity contribution >= 4 is 72.5 Å². The van der Waals surface area contributed by atoms with E-state index in [-0.39, 0.29) is 28.2 Å². The quantitative estimate of drug-likeness (QED) is 0.0641. The molecule has 0 saturated carbocycles. The Morgan fingerprint density at radius 3 is 1.96 bits per heavy atom. The van der Waals surface area contributed by atoms with Crippen LogP contribution in [-0.4, -0.2) is 45.1 Å². The van der Waals surface area contributed by atoms with Crippen LogP contribution in [0.25, 0.3) is 37.5 Å². The zero-order valence-electron chi connectivity index (χ0n) is 28.0. The van der Waals surface area contributed by atoms with Crippen LogP contribution in [0.3, 0.4) is 0 Å². The second kappa shape index (κ2) is 10.5. The predicted octanol–water partition coefficient (Wildman–Crippen LogP) is 4.87. The zero-order valence-corrected chi connectivity index (χ0v) is 28.0. The first-order valence-corrected chi connectivity index (χ1v) is 16.0. The monoisotopic (exact) mass is 655 g/mol. The summed E-state index contributed by atoms with van der Waals surface area (Å²) in [4.78, 5) is 7.94.